The van der Waals surface area contributed by atoms with E-state index in [4.69, 9.17) is 5.11 Å². The molecular formula is C13H24N2O3. The van der Waals surface area contributed by atoms with Crippen LogP contribution >= 0.6 is 0 Å². The van der Waals surface area contributed by atoms with Gasteiger partial charge in [-0.05, 0) is 32.1 Å². The van der Waals surface area contributed by atoms with E-state index < -0.39 is 5.97 Å². The summed E-state index contributed by atoms with van der Waals surface area (Å²) < 4.78 is 0. The topological polar surface area (TPSA) is 69.6 Å². The number of carboxylic acid groups (broad SMARTS) is 1. The van der Waals surface area contributed by atoms with Gasteiger partial charge in [-0.2, -0.15) is 0 Å². The van der Waals surface area contributed by atoms with Crippen LogP contribution in [0.4, 0.5) is 4.79 Å². The van der Waals surface area contributed by atoms with Crippen LogP contribution in [0.2, 0.25) is 0 Å². The maximum Gasteiger partial charge on any atom is 0.317 e. The number of nitrogens with one attached hydrogen (secondary N) is 1. The zero-order chi connectivity index (χ0) is 13.5. The van der Waals surface area contributed by atoms with Crippen molar-refractivity contribution in [1.82, 2.24) is 10.2 Å². The molecule has 2 amide bonds. The van der Waals surface area contributed by atoms with E-state index in [1.165, 1.54) is 0 Å². The minimum Gasteiger partial charge on any atom is -0.481 e. The van der Waals surface area contributed by atoms with Crippen LogP contribution in [-0.4, -0.2) is 41.1 Å². The molecule has 1 unspecified atom stereocenters. The standard InChI is InChI=1S/C13H24N2O3/c1-3-5-8-15(4-2)13(18)14-11(9-12(16)17)10-6-7-10/h10-11H,3-9H2,1-2H3,(H,14,18)(H,16,17). The van der Waals surface area contributed by atoms with E-state index in [1.54, 1.807) is 4.90 Å². The largest absolute Gasteiger partial charge is 0.481 e. The smallest absolute Gasteiger partial charge is 0.317 e. The van der Waals surface area contributed by atoms with E-state index >= 15 is 0 Å². The number of carbonyl (C=O) groups is 2. The molecule has 1 atom stereocenters. The van der Waals surface area contributed by atoms with Crippen LogP contribution in [0.3, 0.4) is 0 Å². The quantitative estimate of drug-likeness (QED) is 0.698. The van der Waals surface area contributed by atoms with Gasteiger partial charge in [0.15, 0.2) is 0 Å². The lowest BCUT2D eigenvalue weighted by Crippen LogP contribution is -2.46. The summed E-state index contributed by atoms with van der Waals surface area (Å²) in [6.07, 6.45) is 4.11. The fourth-order valence-corrected chi connectivity index (χ4v) is 2.02. The highest BCUT2D eigenvalue weighted by Crippen LogP contribution is 2.34. The molecule has 0 saturated heterocycles. The molecule has 0 heterocycles. The van der Waals surface area contributed by atoms with Gasteiger partial charge in [0, 0.05) is 19.1 Å². The van der Waals surface area contributed by atoms with E-state index in [-0.39, 0.29) is 18.5 Å². The molecule has 1 rings (SSSR count). The molecule has 1 aliphatic carbocycles. The lowest BCUT2D eigenvalue weighted by molar-refractivity contribution is -0.137. The van der Waals surface area contributed by atoms with Crippen LogP contribution in [0.1, 0.15) is 46.0 Å². The Morgan fingerprint density at radius 1 is 1.39 bits per heavy atom. The highest BCUT2D eigenvalue weighted by atomic mass is 16.4. The van der Waals surface area contributed by atoms with Crippen molar-refractivity contribution in [1.29, 1.82) is 0 Å². The van der Waals surface area contributed by atoms with Crippen molar-refractivity contribution in [3.05, 3.63) is 0 Å². The highest BCUT2D eigenvalue weighted by Gasteiger charge is 2.34. The summed E-state index contributed by atoms with van der Waals surface area (Å²) in [5.41, 5.74) is 0. The molecule has 0 aromatic rings. The molecular weight excluding hydrogens is 232 g/mol. The van der Waals surface area contributed by atoms with Crippen LogP contribution in [0.5, 0.6) is 0 Å². The molecule has 0 bridgehead atoms. The highest BCUT2D eigenvalue weighted by molar-refractivity contribution is 5.76. The summed E-state index contributed by atoms with van der Waals surface area (Å²) in [6.45, 7) is 5.43. The Labute approximate surface area is 109 Å². The summed E-state index contributed by atoms with van der Waals surface area (Å²) in [7, 11) is 0. The maximum atomic E-state index is 12.0. The van der Waals surface area contributed by atoms with Crippen molar-refractivity contribution >= 4 is 12.0 Å². The molecule has 1 fully saturated rings. The van der Waals surface area contributed by atoms with Gasteiger partial charge >= 0.3 is 12.0 Å². The molecule has 2 N–H and O–H groups in total. The van der Waals surface area contributed by atoms with Crippen molar-refractivity contribution in [2.75, 3.05) is 13.1 Å². The van der Waals surface area contributed by atoms with Crippen LogP contribution in [0.25, 0.3) is 0 Å². The zero-order valence-electron chi connectivity index (χ0n) is 11.3. The van der Waals surface area contributed by atoms with Gasteiger partial charge in [-0.3, -0.25) is 4.79 Å². The second-order valence-corrected chi connectivity index (χ2v) is 4.92. The minimum atomic E-state index is -0.844. The summed E-state index contributed by atoms with van der Waals surface area (Å²) in [4.78, 5) is 24.5. The van der Waals surface area contributed by atoms with Gasteiger partial charge in [0.2, 0.25) is 0 Å². The number of nitrogens with zero attached hydrogens (tertiary/aromatic N) is 1. The van der Waals surface area contributed by atoms with Crippen LogP contribution in [0.15, 0.2) is 0 Å². The Balaban J connectivity index is 2.45. The summed E-state index contributed by atoms with van der Waals surface area (Å²) >= 11 is 0. The molecule has 0 aliphatic heterocycles. The fraction of sp³-hybridized carbons (Fsp3) is 0.846. The summed E-state index contributed by atoms with van der Waals surface area (Å²) in [5, 5.41) is 11.7. The van der Waals surface area contributed by atoms with E-state index in [0.29, 0.717) is 12.5 Å². The third kappa shape index (κ3) is 4.94. The van der Waals surface area contributed by atoms with Crippen LogP contribution in [-0.2, 0) is 4.79 Å². The molecule has 1 aliphatic rings. The van der Waals surface area contributed by atoms with Crippen molar-refractivity contribution in [2.24, 2.45) is 5.92 Å². The summed E-state index contributed by atoms with van der Waals surface area (Å²) in [6, 6.07) is -0.324. The van der Waals surface area contributed by atoms with Gasteiger partial charge in [-0.1, -0.05) is 13.3 Å². The monoisotopic (exact) mass is 256 g/mol. The van der Waals surface area contributed by atoms with Gasteiger partial charge in [-0.25, -0.2) is 4.79 Å². The second kappa shape index (κ2) is 7.24. The first-order valence-corrected chi connectivity index (χ1v) is 6.85. The Morgan fingerprint density at radius 2 is 2.06 bits per heavy atom. The number of hydrogen-bond donors (Lipinski definition) is 2. The Hall–Kier alpha value is -1.26. The van der Waals surface area contributed by atoms with Gasteiger partial charge in [0.25, 0.3) is 0 Å². The number of rotatable bonds is 8. The molecule has 18 heavy (non-hydrogen) atoms. The molecule has 5 nitrogen and oxygen atoms in total. The Bertz CT molecular complexity index is 290. The van der Waals surface area contributed by atoms with E-state index in [9.17, 15) is 9.59 Å². The van der Waals surface area contributed by atoms with Crippen LogP contribution < -0.4 is 5.32 Å². The van der Waals surface area contributed by atoms with Gasteiger partial charge in [0.05, 0.1) is 6.42 Å². The third-order valence-electron chi connectivity index (χ3n) is 3.34. The molecule has 1 saturated carbocycles. The zero-order valence-corrected chi connectivity index (χ0v) is 11.3. The number of amides is 2. The number of hydrogen-bond acceptors (Lipinski definition) is 2. The number of carbonyl (C=O) groups excluding carboxylic acids is 1. The predicted octanol–water partition coefficient (Wildman–Crippen LogP) is 2.07. The number of unbranched alkanes of at least 4 members (excludes halogenated alkanes) is 1. The van der Waals surface area contributed by atoms with Crippen molar-refractivity contribution < 1.29 is 14.7 Å². The first-order valence-electron chi connectivity index (χ1n) is 6.85. The van der Waals surface area contributed by atoms with Crippen LogP contribution in [0, 0.1) is 5.92 Å². The summed E-state index contributed by atoms with van der Waals surface area (Å²) in [5.74, 6) is -0.487. The first-order chi connectivity index (χ1) is 8.58. The molecule has 0 aromatic carbocycles. The number of carboxylic acids is 1. The lowest BCUT2D eigenvalue weighted by Gasteiger charge is -2.25. The fourth-order valence-electron chi connectivity index (χ4n) is 2.02. The average Bonchev–Trinajstić information content (AvgIpc) is 3.12. The number of aliphatic carboxylic acids is 1. The first kappa shape index (κ1) is 14.8. The Morgan fingerprint density at radius 3 is 2.50 bits per heavy atom. The van der Waals surface area contributed by atoms with E-state index in [2.05, 4.69) is 12.2 Å². The molecule has 0 radical (unpaired) electrons. The van der Waals surface area contributed by atoms with E-state index in [1.807, 2.05) is 6.92 Å². The SMILES string of the molecule is CCCCN(CC)C(=O)NC(CC(=O)O)C1CC1. The van der Waals surface area contributed by atoms with Gasteiger partial charge in [-0.15, -0.1) is 0 Å². The van der Waals surface area contributed by atoms with Gasteiger partial charge in [0.1, 0.15) is 0 Å². The molecule has 0 aromatic heterocycles. The maximum absolute atomic E-state index is 12.0. The number of urea groups is 1. The second-order valence-electron chi connectivity index (χ2n) is 4.92. The normalized spacial score (nSPS) is 16.1. The Kier molecular flexibility index (Phi) is 5.95. The predicted molar refractivity (Wildman–Crippen MR) is 69.5 cm³/mol. The van der Waals surface area contributed by atoms with Crippen molar-refractivity contribution in [3.63, 3.8) is 0 Å². The third-order valence-corrected chi connectivity index (χ3v) is 3.34. The van der Waals surface area contributed by atoms with Crippen molar-refractivity contribution in [3.8, 4) is 0 Å². The minimum absolute atomic E-state index is 0.0295. The van der Waals surface area contributed by atoms with Gasteiger partial charge < -0.3 is 15.3 Å². The lowest BCUT2D eigenvalue weighted by atomic mass is 10.1. The molecule has 104 valence electrons. The molecule has 0 spiro atoms. The molecule has 5 heteroatoms. The van der Waals surface area contributed by atoms with Crippen molar-refractivity contribution in [2.45, 2.75) is 52.0 Å². The average molecular weight is 256 g/mol. The van der Waals surface area contributed by atoms with E-state index in [0.717, 1.165) is 32.2 Å².